The van der Waals surface area contributed by atoms with Crippen LogP contribution in [0.25, 0.3) is 0 Å². The van der Waals surface area contributed by atoms with Gasteiger partial charge in [-0.3, -0.25) is 14.4 Å². The summed E-state index contributed by atoms with van der Waals surface area (Å²) in [7, 11) is 4.75. The molecule has 0 unspecified atom stereocenters. The fraction of sp³-hybridized carbons (Fsp3) is 0.852. The predicted octanol–water partition coefficient (Wildman–Crippen LogP) is 2.90. The van der Waals surface area contributed by atoms with Crippen molar-refractivity contribution in [3.8, 4) is 0 Å². The Labute approximate surface area is 219 Å². The van der Waals surface area contributed by atoms with Gasteiger partial charge in [0.25, 0.3) is 0 Å². The zero-order valence-electron chi connectivity index (χ0n) is 24.9. The molecule has 0 bridgehead atoms. The number of likely N-dealkylation sites (N-methyl/N-ethyl adjacent to an activating group) is 3. The normalized spacial score (nSPS) is 15.4. The van der Waals surface area contributed by atoms with Crippen LogP contribution < -0.4 is 5.73 Å². The molecule has 9 nitrogen and oxygen atoms in total. The molecule has 0 fully saturated rings. The van der Waals surface area contributed by atoms with Crippen LogP contribution in [0.1, 0.15) is 82.1 Å². The monoisotopic (exact) mass is 512 g/mol. The summed E-state index contributed by atoms with van der Waals surface area (Å²) in [6, 6.07) is -3.11. The van der Waals surface area contributed by atoms with Crippen molar-refractivity contribution in [2.45, 2.75) is 112 Å². The first-order valence-electron chi connectivity index (χ1n) is 13.0. The van der Waals surface area contributed by atoms with Gasteiger partial charge in [0, 0.05) is 21.1 Å². The Morgan fingerprint density at radius 1 is 0.694 bits per heavy atom. The number of hydrogen-bond acceptors (Lipinski definition) is 6. The van der Waals surface area contributed by atoms with Gasteiger partial charge in [0.05, 0.1) is 6.04 Å². The first-order chi connectivity index (χ1) is 16.2. The van der Waals surface area contributed by atoms with Gasteiger partial charge >= 0.3 is 5.97 Å². The molecule has 0 aliphatic carbocycles. The molecule has 0 aliphatic rings. The van der Waals surface area contributed by atoms with Crippen molar-refractivity contribution in [2.75, 3.05) is 21.1 Å². The van der Waals surface area contributed by atoms with Crippen molar-refractivity contribution >= 4 is 23.7 Å². The summed E-state index contributed by atoms with van der Waals surface area (Å²) in [6.45, 7) is 18.6. The largest absolute Gasteiger partial charge is 0.458 e. The number of ether oxygens (including phenoxy) is 1. The lowest BCUT2D eigenvalue weighted by Gasteiger charge is -2.39. The molecule has 36 heavy (non-hydrogen) atoms. The van der Waals surface area contributed by atoms with E-state index < -0.39 is 35.7 Å². The minimum atomic E-state index is -0.806. The van der Waals surface area contributed by atoms with E-state index in [1.54, 1.807) is 48.8 Å². The van der Waals surface area contributed by atoms with Crippen molar-refractivity contribution in [3.05, 3.63) is 0 Å². The summed E-state index contributed by atoms with van der Waals surface area (Å²) in [5, 5.41) is 0. The van der Waals surface area contributed by atoms with E-state index in [0.29, 0.717) is 12.8 Å². The lowest BCUT2D eigenvalue weighted by atomic mass is 9.96. The molecule has 9 heteroatoms. The van der Waals surface area contributed by atoms with Crippen molar-refractivity contribution in [1.82, 2.24) is 14.7 Å². The van der Waals surface area contributed by atoms with Crippen LogP contribution in [-0.4, -0.2) is 89.3 Å². The van der Waals surface area contributed by atoms with Crippen molar-refractivity contribution < 1.29 is 23.9 Å². The van der Waals surface area contributed by atoms with Gasteiger partial charge in [-0.05, 0) is 58.3 Å². The van der Waals surface area contributed by atoms with E-state index in [1.807, 2.05) is 41.5 Å². The van der Waals surface area contributed by atoms with Gasteiger partial charge in [0.1, 0.15) is 23.7 Å². The van der Waals surface area contributed by atoms with Crippen LogP contribution >= 0.6 is 0 Å². The highest BCUT2D eigenvalue weighted by Gasteiger charge is 2.40. The molecule has 0 aliphatic heterocycles. The van der Waals surface area contributed by atoms with Crippen LogP contribution in [0, 0.1) is 17.8 Å². The Morgan fingerprint density at radius 3 is 1.36 bits per heavy atom. The van der Waals surface area contributed by atoms with Crippen LogP contribution in [0.5, 0.6) is 0 Å². The predicted molar refractivity (Wildman–Crippen MR) is 143 cm³/mol. The highest BCUT2D eigenvalue weighted by atomic mass is 16.6. The molecular formula is C27H52N4O5. The molecule has 0 radical (unpaired) electrons. The molecule has 0 heterocycles. The SMILES string of the molecule is CC(C)C[C@@H](C(=O)N(C)[C@@H](CC(C)C)C(=O)N(C)[C@H](C(=O)OC(C)(C)C)C(C)C)N(C)C(=O)[C@H](C)N. The first kappa shape index (κ1) is 33.8. The summed E-state index contributed by atoms with van der Waals surface area (Å²) in [4.78, 5) is 57.4. The molecule has 0 rings (SSSR count). The number of nitrogens with zero attached hydrogens (tertiary/aromatic N) is 3. The maximum Gasteiger partial charge on any atom is 0.329 e. The third-order valence-corrected chi connectivity index (χ3v) is 6.02. The highest BCUT2D eigenvalue weighted by molar-refractivity contribution is 5.94. The number of amides is 3. The summed E-state index contributed by atoms with van der Waals surface area (Å²) in [5.74, 6) is -1.44. The molecule has 2 N–H and O–H groups in total. The third-order valence-electron chi connectivity index (χ3n) is 6.02. The zero-order valence-corrected chi connectivity index (χ0v) is 24.9. The molecular weight excluding hydrogens is 460 g/mol. The minimum Gasteiger partial charge on any atom is -0.458 e. The van der Waals surface area contributed by atoms with Crippen LogP contribution in [0.2, 0.25) is 0 Å². The lowest BCUT2D eigenvalue weighted by Crippen LogP contribution is -2.59. The van der Waals surface area contributed by atoms with E-state index >= 15 is 0 Å². The Balaban J connectivity index is 6.24. The lowest BCUT2D eigenvalue weighted by molar-refractivity contribution is -0.167. The maximum atomic E-state index is 13.8. The summed E-state index contributed by atoms with van der Waals surface area (Å²) in [5.41, 5.74) is 5.11. The van der Waals surface area contributed by atoms with Gasteiger partial charge in [-0.2, -0.15) is 0 Å². The van der Waals surface area contributed by atoms with E-state index in [4.69, 9.17) is 10.5 Å². The van der Waals surface area contributed by atoms with E-state index in [2.05, 4.69) is 0 Å². The number of carbonyl (C=O) groups is 4. The van der Waals surface area contributed by atoms with E-state index in [0.717, 1.165) is 0 Å². The quantitative estimate of drug-likeness (QED) is 0.402. The second-order valence-corrected chi connectivity index (χ2v) is 12.1. The molecule has 0 spiro atoms. The Morgan fingerprint density at radius 2 is 1.06 bits per heavy atom. The van der Waals surface area contributed by atoms with E-state index in [-0.39, 0.29) is 35.5 Å². The standard InChI is InChI=1S/C27H52N4O5/c1-16(2)14-20(29(11)23(32)19(7)28)24(33)30(12)21(15-17(3)4)25(34)31(13)22(18(5)6)26(35)36-27(8,9)10/h16-22H,14-15,28H2,1-13H3/t19-,20-,21-,22-/m0/s1. The molecule has 4 atom stereocenters. The highest BCUT2D eigenvalue weighted by Crippen LogP contribution is 2.22. The van der Waals surface area contributed by atoms with Crippen LogP contribution in [0.15, 0.2) is 0 Å². The van der Waals surface area contributed by atoms with Crippen molar-refractivity contribution in [1.29, 1.82) is 0 Å². The topological polar surface area (TPSA) is 113 Å². The minimum absolute atomic E-state index is 0.105. The average molecular weight is 513 g/mol. The van der Waals surface area contributed by atoms with E-state index in [9.17, 15) is 19.2 Å². The second-order valence-electron chi connectivity index (χ2n) is 12.1. The smallest absolute Gasteiger partial charge is 0.329 e. The van der Waals surface area contributed by atoms with Crippen LogP contribution in [0.3, 0.4) is 0 Å². The van der Waals surface area contributed by atoms with E-state index in [1.165, 1.54) is 14.7 Å². The number of esters is 1. The third kappa shape index (κ3) is 10.1. The molecule has 3 amide bonds. The van der Waals surface area contributed by atoms with Crippen molar-refractivity contribution in [2.24, 2.45) is 23.5 Å². The second kappa shape index (κ2) is 14.0. The summed E-state index contributed by atoms with van der Waals surface area (Å²) >= 11 is 0. The number of nitrogens with two attached hydrogens (primary N) is 1. The van der Waals surface area contributed by atoms with Crippen LogP contribution in [-0.2, 0) is 23.9 Å². The van der Waals surface area contributed by atoms with Crippen LogP contribution in [0.4, 0.5) is 0 Å². The van der Waals surface area contributed by atoms with Gasteiger partial charge in [0.15, 0.2) is 0 Å². The number of rotatable bonds is 12. The summed E-state index contributed by atoms with van der Waals surface area (Å²) < 4.78 is 5.59. The Kier molecular flexibility index (Phi) is 13.1. The number of hydrogen-bond donors (Lipinski definition) is 1. The number of carbonyl (C=O) groups excluding carboxylic acids is 4. The van der Waals surface area contributed by atoms with Gasteiger partial charge < -0.3 is 25.2 Å². The fourth-order valence-corrected chi connectivity index (χ4v) is 4.22. The Hall–Kier alpha value is -2.16. The summed E-state index contributed by atoms with van der Waals surface area (Å²) in [6.07, 6.45) is 0.840. The first-order valence-corrected chi connectivity index (χ1v) is 13.0. The van der Waals surface area contributed by atoms with Gasteiger partial charge in [-0.1, -0.05) is 41.5 Å². The molecule has 0 aromatic heterocycles. The molecule has 0 aromatic carbocycles. The molecule has 0 aromatic rings. The zero-order chi connectivity index (χ0) is 28.7. The maximum absolute atomic E-state index is 13.8. The molecule has 210 valence electrons. The molecule has 0 saturated carbocycles. The fourth-order valence-electron chi connectivity index (χ4n) is 4.22. The van der Waals surface area contributed by atoms with Gasteiger partial charge in [0.2, 0.25) is 17.7 Å². The van der Waals surface area contributed by atoms with Crippen molar-refractivity contribution in [3.63, 3.8) is 0 Å². The van der Waals surface area contributed by atoms with Gasteiger partial charge in [-0.25, -0.2) is 4.79 Å². The van der Waals surface area contributed by atoms with Gasteiger partial charge in [-0.15, -0.1) is 0 Å². The molecule has 0 saturated heterocycles. The average Bonchev–Trinajstić information content (AvgIpc) is 2.71. The Bertz CT molecular complexity index is 758.